The lowest BCUT2D eigenvalue weighted by atomic mass is 10.0. The molecule has 0 saturated carbocycles. The summed E-state index contributed by atoms with van der Waals surface area (Å²) in [4.78, 5) is 13.6. The van der Waals surface area contributed by atoms with Crippen molar-refractivity contribution in [2.75, 3.05) is 32.8 Å². The monoisotopic (exact) mass is 328 g/mol. The van der Waals surface area contributed by atoms with Gasteiger partial charge < -0.3 is 15.2 Å². The van der Waals surface area contributed by atoms with Crippen LogP contribution in [0.15, 0.2) is 18.2 Å². The molecule has 5 nitrogen and oxygen atoms in total. The summed E-state index contributed by atoms with van der Waals surface area (Å²) in [6, 6.07) is 2.72. The molecule has 1 aliphatic heterocycles. The van der Waals surface area contributed by atoms with Crippen molar-refractivity contribution in [2.45, 2.75) is 25.5 Å². The highest BCUT2D eigenvalue weighted by Crippen LogP contribution is 2.33. The van der Waals surface area contributed by atoms with Crippen molar-refractivity contribution in [3.05, 3.63) is 35.4 Å². The zero-order chi connectivity index (χ0) is 16.8. The van der Waals surface area contributed by atoms with Crippen LogP contribution >= 0.6 is 0 Å². The van der Waals surface area contributed by atoms with E-state index in [0.717, 1.165) is 18.2 Å². The SMILES string of the molecule is CCOCCNC(=O)CN1C[C@@H](O)C[C@@H]1c1cc(F)ccc1F. The zero-order valence-corrected chi connectivity index (χ0v) is 13.1. The average Bonchev–Trinajstić information content (AvgIpc) is 2.86. The Morgan fingerprint density at radius 3 is 3.00 bits per heavy atom. The summed E-state index contributed by atoms with van der Waals surface area (Å²) in [5.74, 6) is -1.31. The first kappa shape index (κ1) is 17.8. The lowest BCUT2D eigenvalue weighted by Crippen LogP contribution is -2.39. The Balaban J connectivity index is 1.99. The third-order valence-electron chi connectivity index (χ3n) is 3.82. The molecule has 0 radical (unpaired) electrons. The third-order valence-corrected chi connectivity index (χ3v) is 3.82. The van der Waals surface area contributed by atoms with Crippen LogP contribution in [0.25, 0.3) is 0 Å². The van der Waals surface area contributed by atoms with E-state index in [0.29, 0.717) is 19.8 Å². The summed E-state index contributed by atoms with van der Waals surface area (Å²) in [5, 5.41) is 12.5. The highest BCUT2D eigenvalue weighted by Gasteiger charge is 2.34. The van der Waals surface area contributed by atoms with Gasteiger partial charge >= 0.3 is 0 Å². The van der Waals surface area contributed by atoms with E-state index in [2.05, 4.69) is 5.32 Å². The summed E-state index contributed by atoms with van der Waals surface area (Å²) in [5.41, 5.74) is 0.170. The highest BCUT2D eigenvalue weighted by atomic mass is 19.1. The number of halogens is 2. The Bertz CT molecular complexity index is 542. The van der Waals surface area contributed by atoms with Crippen LogP contribution in [0.5, 0.6) is 0 Å². The van der Waals surface area contributed by atoms with Crippen LogP contribution in [0.1, 0.15) is 24.9 Å². The van der Waals surface area contributed by atoms with Crippen LogP contribution in [-0.4, -0.2) is 54.9 Å². The molecule has 7 heteroatoms. The molecule has 128 valence electrons. The Kier molecular flexibility index (Phi) is 6.44. The first-order chi connectivity index (χ1) is 11.0. The van der Waals surface area contributed by atoms with Crippen LogP contribution in [0.2, 0.25) is 0 Å². The van der Waals surface area contributed by atoms with Gasteiger partial charge in [-0.3, -0.25) is 9.69 Å². The first-order valence-corrected chi connectivity index (χ1v) is 7.72. The van der Waals surface area contributed by atoms with E-state index in [1.807, 2.05) is 6.92 Å². The molecule has 1 saturated heterocycles. The van der Waals surface area contributed by atoms with Gasteiger partial charge in [0.05, 0.1) is 19.3 Å². The maximum Gasteiger partial charge on any atom is 0.234 e. The number of ether oxygens (including phenoxy) is 1. The summed E-state index contributed by atoms with van der Waals surface area (Å²) in [6.07, 6.45) is -0.397. The summed E-state index contributed by atoms with van der Waals surface area (Å²) < 4.78 is 32.5. The number of carbonyl (C=O) groups is 1. The molecule has 1 aromatic rings. The number of rotatable bonds is 7. The Labute approximate surface area is 134 Å². The van der Waals surface area contributed by atoms with E-state index in [-0.39, 0.29) is 31.0 Å². The van der Waals surface area contributed by atoms with Crippen molar-refractivity contribution < 1.29 is 23.4 Å². The van der Waals surface area contributed by atoms with Gasteiger partial charge in [0.1, 0.15) is 11.6 Å². The molecule has 23 heavy (non-hydrogen) atoms. The van der Waals surface area contributed by atoms with Gasteiger partial charge in [-0.05, 0) is 31.5 Å². The van der Waals surface area contributed by atoms with E-state index >= 15 is 0 Å². The number of amides is 1. The maximum absolute atomic E-state index is 14.0. The highest BCUT2D eigenvalue weighted by molar-refractivity contribution is 5.78. The minimum absolute atomic E-state index is 0.0177. The number of benzene rings is 1. The topological polar surface area (TPSA) is 61.8 Å². The molecule has 1 aromatic carbocycles. The van der Waals surface area contributed by atoms with Crippen LogP contribution < -0.4 is 5.32 Å². The fourth-order valence-electron chi connectivity index (χ4n) is 2.79. The standard InChI is InChI=1S/C16H22F2N2O3/c1-2-23-6-5-19-16(22)10-20-9-12(21)8-15(20)13-7-11(17)3-4-14(13)18/h3-4,7,12,15,21H,2,5-6,8-10H2,1H3,(H,19,22)/t12-,15+/m0/s1. The zero-order valence-electron chi connectivity index (χ0n) is 13.1. The maximum atomic E-state index is 14.0. The van der Waals surface area contributed by atoms with Crippen molar-refractivity contribution in [3.8, 4) is 0 Å². The van der Waals surface area contributed by atoms with Crippen molar-refractivity contribution >= 4 is 5.91 Å². The van der Waals surface area contributed by atoms with Crippen molar-refractivity contribution in [1.82, 2.24) is 10.2 Å². The number of aliphatic hydroxyl groups excluding tert-OH is 1. The van der Waals surface area contributed by atoms with Gasteiger partial charge in [0, 0.05) is 31.3 Å². The number of hydrogen-bond donors (Lipinski definition) is 2. The van der Waals surface area contributed by atoms with E-state index in [9.17, 15) is 18.7 Å². The molecule has 0 aliphatic carbocycles. The average molecular weight is 328 g/mol. The number of aliphatic hydroxyl groups is 1. The van der Waals surface area contributed by atoms with Gasteiger partial charge in [0.15, 0.2) is 0 Å². The van der Waals surface area contributed by atoms with Gasteiger partial charge in [-0.1, -0.05) is 0 Å². The molecule has 1 fully saturated rings. The second-order valence-corrected chi connectivity index (χ2v) is 5.55. The number of nitrogens with zero attached hydrogens (tertiary/aromatic N) is 1. The van der Waals surface area contributed by atoms with Gasteiger partial charge in [-0.25, -0.2) is 8.78 Å². The molecule has 2 rings (SSSR count). The normalized spacial score (nSPS) is 21.6. The number of β-amino-alcohol motifs (C(OH)–C–C–N with tert-alkyl or cyclic N) is 1. The van der Waals surface area contributed by atoms with Gasteiger partial charge in [-0.2, -0.15) is 0 Å². The van der Waals surface area contributed by atoms with Crippen LogP contribution in [0, 0.1) is 11.6 Å². The van der Waals surface area contributed by atoms with Crippen LogP contribution in [0.3, 0.4) is 0 Å². The minimum Gasteiger partial charge on any atom is -0.392 e. The molecular formula is C16H22F2N2O3. The lowest BCUT2D eigenvalue weighted by molar-refractivity contribution is -0.122. The molecule has 1 amide bonds. The fraction of sp³-hybridized carbons (Fsp3) is 0.562. The number of hydrogen-bond acceptors (Lipinski definition) is 4. The Morgan fingerprint density at radius 2 is 2.26 bits per heavy atom. The molecule has 2 N–H and O–H groups in total. The van der Waals surface area contributed by atoms with Gasteiger partial charge in [-0.15, -0.1) is 0 Å². The minimum atomic E-state index is -0.668. The Morgan fingerprint density at radius 1 is 1.48 bits per heavy atom. The fourth-order valence-corrected chi connectivity index (χ4v) is 2.79. The number of carbonyl (C=O) groups excluding carboxylic acids is 1. The van der Waals surface area contributed by atoms with E-state index in [1.54, 1.807) is 4.90 Å². The summed E-state index contributed by atoms with van der Waals surface area (Å²) >= 11 is 0. The van der Waals surface area contributed by atoms with Gasteiger partial charge in [0.25, 0.3) is 0 Å². The molecule has 0 bridgehead atoms. The molecule has 0 spiro atoms. The predicted octanol–water partition coefficient (Wildman–Crippen LogP) is 1.23. The first-order valence-electron chi connectivity index (χ1n) is 7.72. The smallest absolute Gasteiger partial charge is 0.234 e. The van der Waals surface area contributed by atoms with Crippen molar-refractivity contribution in [2.24, 2.45) is 0 Å². The van der Waals surface area contributed by atoms with Crippen LogP contribution in [-0.2, 0) is 9.53 Å². The second-order valence-electron chi connectivity index (χ2n) is 5.55. The number of nitrogens with one attached hydrogen (secondary N) is 1. The molecule has 1 heterocycles. The van der Waals surface area contributed by atoms with Crippen molar-refractivity contribution in [1.29, 1.82) is 0 Å². The van der Waals surface area contributed by atoms with E-state index in [4.69, 9.17) is 4.74 Å². The largest absolute Gasteiger partial charge is 0.392 e. The van der Waals surface area contributed by atoms with E-state index < -0.39 is 23.8 Å². The molecule has 0 aromatic heterocycles. The van der Waals surface area contributed by atoms with Gasteiger partial charge in [0.2, 0.25) is 5.91 Å². The molecule has 0 unspecified atom stereocenters. The number of likely N-dealkylation sites (tertiary alicyclic amines) is 1. The van der Waals surface area contributed by atoms with E-state index in [1.165, 1.54) is 0 Å². The van der Waals surface area contributed by atoms with Crippen molar-refractivity contribution in [3.63, 3.8) is 0 Å². The lowest BCUT2D eigenvalue weighted by Gasteiger charge is -2.24. The molecular weight excluding hydrogens is 306 g/mol. The second kappa shape index (κ2) is 8.33. The summed E-state index contributed by atoms with van der Waals surface area (Å²) in [6.45, 7) is 3.53. The Hall–Kier alpha value is -1.57. The molecule has 1 aliphatic rings. The van der Waals surface area contributed by atoms with Crippen LogP contribution in [0.4, 0.5) is 8.78 Å². The third kappa shape index (κ3) is 4.95. The summed E-state index contributed by atoms with van der Waals surface area (Å²) in [7, 11) is 0. The quantitative estimate of drug-likeness (QED) is 0.739. The molecule has 2 atom stereocenters. The predicted molar refractivity (Wildman–Crippen MR) is 80.8 cm³/mol.